The second kappa shape index (κ2) is 11.1. The Hall–Kier alpha value is -1.55. The van der Waals surface area contributed by atoms with Gasteiger partial charge in [0.15, 0.2) is 0 Å². The molecule has 0 heterocycles. The number of nitrogens with zero attached hydrogens (tertiary/aromatic N) is 1. The summed E-state index contributed by atoms with van der Waals surface area (Å²) in [5.74, 6) is 0.618. The van der Waals surface area contributed by atoms with E-state index in [2.05, 4.69) is 25.7 Å². The fourth-order valence-electron chi connectivity index (χ4n) is 2.63. The molecule has 0 bridgehead atoms. The van der Waals surface area contributed by atoms with Crippen LogP contribution in [0.3, 0.4) is 0 Å². The van der Waals surface area contributed by atoms with E-state index in [1.165, 1.54) is 0 Å². The van der Waals surface area contributed by atoms with Gasteiger partial charge in [0.2, 0.25) is 5.91 Å². The SMILES string of the molecule is CCCC[C@H](Cc1ccc(OCCN(CC)CC)cc1)C(N)=O. The summed E-state index contributed by atoms with van der Waals surface area (Å²) in [6.45, 7) is 10.2. The lowest BCUT2D eigenvalue weighted by Gasteiger charge is -2.18. The molecule has 4 heteroatoms. The van der Waals surface area contributed by atoms with Crippen LogP contribution in [0.1, 0.15) is 45.6 Å². The number of hydrogen-bond donors (Lipinski definition) is 1. The Balaban J connectivity index is 2.47. The third-order valence-corrected chi connectivity index (χ3v) is 4.28. The summed E-state index contributed by atoms with van der Waals surface area (Å²) >= 11 is 0. The number of likely N-dealkylation sites (N-methyl/N-ethyl adjacent to an activating group) is 1. The average molecular weight is 320 g/mol. The van der Waals surface area contributed by atoms with E-state index in [-0.39, 0.29) is 11.8 Å². The first-order valence-corrected chi connectivity index (χ1v) is 8.84. The van der Waals surface area contributed by atoms with Crippen molar-refractivity contribution in [3.8, 4) is 5.75 Å². The first-order chi connectivity index (χ1) is 11.1. The maximum atomic E-state index is 11.5. The number of hydrogen-bond acceptors (Lipinski definition) is 3. The normalized spacial score (nSPS) is 12.3. The third-order valence-electron chi connectivity index (χ3n) is 4.28. The molecule has 0 spiro atoms. The number of primary amides is 1. The summed E-state index contributed by atoms with van der Waals surface area (Å²) in [6, 6.07) is 8.04. The van der Waals surface area contributed by atoms with Gasteiger partial charge >= 0.3 is 0 Å². The molecule has 0 aliphatic rings. The number of carbonyl (C=O) groups excluding carboxylic acids is 1. The van der Waals surface area contributed by atoms with Gasteiger partial charge in [-0.1, -0.05) is 45.7 Å². The van der Waals surface area contributed by atoms with Gasteiger partial charge in [-0.15, -0.1) is 0 Å². The predicted molar refractivity (Wildman–Crippen MR) is 95.6 cm³/mol. The minimum Gasteiger partial charge on any atom is -0.492 e. The smallest absolute Gasteiger partial charge is 0.220 e. The Morgan fingerprint density at radius 3 is 2.35 bits per heavy atom. The van der Waals surface area contributed by atoms with Crippen LogP contribution in [0.15, 0.2) is 24.3 Å². The first kappa shape index (κ1) is 19.5. The van der Waals surface area contributed by atoms with Crippen molar-refractivity contribution in [3.05, 3.63) is 29.8 Å². The zero-order chi connectivity index (χ0) is 17.1. The highest BCUT2D eigenvalue weighted by atomic mass is 16.5. The van der Waals surface area contributed by atoms with Crippen molar-refractivity contribution >= 4 is 5.91 Å². The third kappa shape index (κ3) is 7.51. The van der Waals surface area contributed by atoms with E-state index >= 15 is 0 Å². The van der Waals surface area contributed by atoms with E-state index < -0.39 is 0 Å². The molecule has 1 aromatic carbocycles. The summed E-state index contributed by atoms with van der Waals surface area (Å²) in [6.07, 6.45) is 3.71. The topological polar surface area (TPSA) is 55.6 Å². The molecule has 23 heavy (non-hydrogen) atoms. The number of unbranched alkanes of at least 4 members (excludes halogenated alkanes) is 1. The molecule has 0 saturated carbocycles. The molecule has 130 valence electrons. The Bertz CT molecular complexity index is 441. The lowest BCUT2D eigenvalue weighted by atomic mass is 9.93. The van der Waals surface area contributed by atoms with E-state index in [1.807, 2.05) is 24.3 Å². The van der Waals surface area contributed by atoms with Crippen molar-refractivity contribution in [3.63, 3.8) is 0 Å². The van der Waals surface area contributed by atoms with Crippen LogP contribution in [-0.2, 0) is 11.2 Å². The van der Waals surface area contributed by atoms with Crippen molar-refractivity contribution in [2.75, 3.05) is 26.2 Å². The number of rotatable bonds is 12. The van der Waals surface area contributed by atoms with Crippen LogP contribution in [0.4, 0.5) is 0 Å². The van der Waals surface area contributed by atoms with E-state index in [1.54, 1.807) is 0 Å². The van der Waals surface area contributed by atoms with E-state index in [0.717, 1.165) is 56.6 Å². The lowest BCUT2D eigenvalue weighted by Crippen LogP contribution is -2.27. The van der Waals surface area contributed by atoms with Crippen molar-refractivity contribution in [1.82, 2.24) is 4.90 Å². The van der Waals surface area contributed by atoms with Crippen molar-refractivity contribution in [2.24, 2.45) is 11.7 Å². The van der Waals surface area contributed by atoms with Gasteiger partial charge in [0.05, 0.1) is 0 Å². The van der Waals surface area contributed by atoms with Crippen LogP contribution >= 0.6 is 0 Å². The summed E-state index contributed by atoms with van der Waals surface area (Å²) in [4.78, 5) is 13.9. The molecule has 1 amide bonds. The molecule has 1 atom stereocenters. The molecule has 0 radical (unpaired) electrons. The quantitative estimate of drug-likeness (QED) is 0.643. The lowest BCUT2D eigenvalue weighted by molar-refractivity contribution is -0.122. The molecule has 2 N–H and O–H groups in total. The van der Waals surface area contributed by atoms with Crippen LogP contribution < -0.4 is 10.5 Å². The molecule has 0 aliphatic carbocycles. The largest absolute Gasteiger partial charge is 0.492 e. The number of carbonyl (C=O) groups is 1. The molecule has 4 nitrogen and oxygen atoms in total. The minimum atomic E-state index is -0.196. The monoisotopic (exact) mass is 320 g/mol. The molecular formula is C19H32N2O2. The summed E-state index contributed by atoms with van der Waals surface area (Å²) in [5.41, 5.74) is 6.65. The molecule has 1 aromatic rings. The standard InChI is InChI=1S/C19H32N2O2/c1-4-7-8-17(19(20)22)15-16-9-11-18(12-10-16)23-14-13-21(5-2)6-3/h9-12,17H,4-8,13-15H2,1-3H3,(H2,20,22)/t17-/m1/s1. The maximum absolute atomic E-state index is 11.5. The fraction of sp³-hybridized carbons (Fsp3) is 0.632. The van der Waals surface area contributed by atoms with Crippen LogP contribution in [0.2, 0.25) is 0 Å². The van der Waals surface area contributed by atoms with Crippen LogP contribution in [-0.4, -0.2) is 37.0 Å². The second-order valence-corrected chi connectivity index (χ2v) is 5.96. The molecule has 0 fully saturated rings. The van der Waals surface area contributed by atoms with E-state index in [0.29, 0.717) is 6.61 Å². The minimum absolute atomic E-state index is 0.0654. The Morgan fingerprint density at radius 1 is 1.17 bits per heavy atom. The van der Waals surface area contributed by atoms with Gasteiger partial charge in [-0.05, 0) is 43.6 Å². The Kier molecular flexibility index (Phi) is 9.37. The van der Waals surface area contributed by atoms with Gasteiger partial charge in [0.25, 0.3) is 0 Å². The van der Waals surface area contributed by atoms with Gasteiger partial charge in [-0.3, -0.25) is 4.79 Å². The second-order valence-electron chi connectivity index (χ2n) is 5.96. The first-order valence-electron chi connectivity index (χ1n) is 8.84. The van der Waals surface area contributed by atoms with Gasteiger partial charge in [-0.25, -0.2) is 0 Å². The fourth-order valence-corrected chi connectivity index (χ4v) is 2.63. The van der Waals surface area contributed by atoms with Crippen molar-refractivity contribution < 1.29 is 9.53 Å². The zero-order valence-corrected chi connectivity index (χ0v) is 14.9. The van der Waals surface area contributed by atoms with Gasteiger partial charge in [-0.2, -0.15) is 0 Å². The zero-order valence-electron chi connectivity index (χ0n) is 14.9. The number of amides is 1. The van der Waals surface area contributed by atoms with Gasteiger partial charge < -0.3 is 15.4 Å². The van der Waals surface area contributed by atoms with Crippen LogP contribution in [0.25, 0.3) is 0 Å². The Morgan fingerprint density at radius 2 is 1.83 bits per heavy atom. The van der Waals surface area contributed by atoms with E-state index in [4.69, 9.17) is 10.5 Å². The van der Waals surface area contributed by atoms with Gasteiger partial charge in [0, 0.05) is 12.5 Å². The number of nitrogens with two attached hydrogens (primary N) is 1. The average Bonchev–Trinajstić information content (AvgIpc) is 2.56. The molecule has 1 rings (SSSR count). The van der Waals surface area contributed by atoms with Crippen molar-refractivity contribution in [2.45, 2.75) is 46.5 Å². The van der Waals surface area contributed by atoms with Crippen molar-refractivity contribution in [1.29, 1.82) is 0 Å². The highest BCUT2D eigenvalue weighted by molar-refractivity contribution is 5.76. The maximum Gasteiger partial charge on any atom is 0.220 e. The Labute approximate surface area is 141 Å². The highest BCUT2D eigenvalue weighted by Crippen LogP contribution is 2.18. The molecule has 0 saturated heterocycles. The predicted octanol–water partition coefficient (Wildman–Crippen LogP) is 3.24. The summed E-state index contributed by atoms with van der Waals surface area (Å²) in [5, 5.41) is 0. The molecule has 0 aromatic heterocycles. The highest BCUT2D eigenvalue weighted by Gasteiger charge is 2.15. The van der Waals surface area contributed by atoms with E-state index in [9.17, 15) is 4.79 Å². The molecule has 0 aliphatic heterocycles. The van der Waals surface area contributed by atoms with Crippen LogP contribution in [0.5, 0.6) is 5.75 Å². The summed E-state index contributed by atoms with van der Waals surface area (Å²) < 4.78 is 5.78. The molecule has 0 unspecified atom stereocenters. The molecular weight excluding hydrogens is 288 g/mol. The number of ether oxygens (including phenoxy) is 1. The van der Waals surface area contributed by atoms with Crippen LogP contribution in [0, 0.1) is 5.92 Å². The van der Waals surface area contributed by atoms with Gasteiger partial charge in [0.1, 0.15) is 12.4 Å². The summed E-state index contributed by atoms with van der Waals surface area (Å²) in [7, 11) is 0. The number of benzene rings is 1.